The highest BCUT2D eigenvalue weighted by molar-refractivity contribution is 5.99. The van der Waals surface area contributed by atoms with Crippen LogP contribution in [0.5, 0.6) is 11.6 Å². The van der Waals surface area contributed by atoms with Crippen LogP contribution in [-0.2, 0) is 15.7 Å². The van der Waals surface area contributed by atoms with Crippen LogP contribution in [0.3, 0.4) is 0 Å². The van der Waals surface area contributed by atoms with E-state index in [2.05, 4.69) is 25.9 Å². The summed E-state index contributed by atoms with van der Waals surface area (Å²) in [4.78, 5) is 32.3. The van der Waals surface area contributed by atoms with Crippen LogP contribution >= 0.6 is 0 Å². The molecule has 3 rings (SSSR count). The van der Waals surface area contributed by atoms with E-state index < -0.39 is 23.2 Å². The minimum atomic E-state index is -4.52. The summed E-state index contributed by atoms with van der Waals surface area (Å²) in [6.07, 6.45) is -3.22. The van der Waals surface area contributed by atoms with Gasteiger partial charge in [-0.05, 0) is 62.7 Å². The number of nitrogens with zero attached hydrogens (tertiary/aromatic N) is 2. The van der Waals surface area contributed by atoms with Crippen LogP contribution in [0.15, 0.2) is 54.9 Å². The van der Waals surface area contributed by atoms with Crippen molar-refractivity contribution in [3.05, 3.63) is 66.0 Å². The van der Waals surface area contributed by atoms with Crippen molar-refractivity contribution in [3.63, 3.8) is 0 Å². The van der Waals surface area contributed by atoms with Gasteiger partial charge in [-0.2, -0.15) is 13.2 Å². The summed E-state index contributed by atoms with van der Waals surface area (Å²) in [6, 6.07) is 10.7. The van der Waals surface area contributed by atoms with Gasteiger partial charge in [-0.3, -0.25) is 4.79 Å². The highest BCUT2D eigenvalue weighted by Crippen LogP contribution is 2.33. The zero-order chi connectivity index (χ0) is 28.6. The van der Waals surface area contributed by atoms with Crippen LogP contribution in [0.1, 0.15) is 25.0 Å². The van der Waals surface area contributed by atoms with Crippen LogP contribution in [0.4, 0.5) is 35.2 Å². The van der Waals surface area contributed by atoms with Gasteiger partial charge in [0.25, 0.3) is 0 Å². The first-order valence-corrected chi connectivity index (χ1v) is 11.8. The number of hydrogen-bond donors (Lipinski definition) is 4. The number of carbonyl (C=O) groups excluding carboxylic acids is 2. The number of nitrogens with two attached hydrogens (primary N) is 1. The number of anilines is 3. The molecular weight excluding hydrogens is 517 g/mol. The first kappa shape index (κ1) is 29.2. The lowest BCUT2D eigenvalue weighted by atomic mass is 9.94. The molecule has 0 aliphatic rings. The molecule has 2 aromatic carbocycles. The molecule has 10 nitrogen and oxygen atoms in total. The predicted molar refractivity (Wildman–Crippen MR) is 140 cm³/mol. The van der Waals surface area contributed by atoms with Crippen LogP contribution in [0, 0.1) is 12.3 Å². The van der Waals surface area contributed by atoms with Gasteiger partial charge in [-0.15, -0.1) is 0 Å². The summed E-state index contributed by atoms with van der Waals surface area (Å²) >= 11 is 0. The summed E-state index contributed by atoms with van der Waals surface area (Å²) in [5.41, 5.74) is 4.44. The zero-order valence-electron chi connectivity index (χ0n) is 21.6. The highest BCUT2D eigenvalue weighted by Gasteiger charge is 2.32. The van der Waals surface area contributed by atoms with Crippen molar-refractivity contribution in [2.75, 3.05) is 35.6 Å². The molecule has 0 aliphatic heterocycles. The van der Waals surface area contributed by atoms with E-state index in [1.54, 1.807) is 44.2 Å². The summed E-state index contributed by atoms with van der Waals surface area (Å²) in [5.74, 6) is 0.720. The topological polar surface area (TPSA) is 140 Å². The molecule has 0 atom stereocenters. The Morgan fingerprint density at radius 3 is 2.31 bits per heavy atom. The Balaban J connectivity index is 1.50. The van der Waals surface area contributed by atoms with Gasteiger partial charge in [-0.25, -0.2) is 14.8 Å². The Bertz CT molecular complexity index is 1300. The fourth-order valence-corrected chi connectivity index (χ4v) is 3.12. The number of urea groups is 1. The monoisotopic (exact) mass is 546 g/mol. The van der Waals surface area contributed by atoms with Crippen molar-refractivity contribution in [1.29, 1.82) is 0 Å². The maximum atomic E-state index is 13.1. The molecule has 0 aliphatic carbocycles. The van der Waals surface area contributed by atoms with Gasteiger partial charge in [0.1, 0.15) is 24.5 Å². The number of carbonyl (C=O) groups is 2. The molecule has 208 valence electrons. The first-order valence-electron chi connectivity index (χ1n) is 11.8. The van der Waals surface area contributed by atoms with Crippen LogP contribution in [0.2, 0.25) is 0 Å². The van der Waals surface area contributed by atoms with Crippen molar-refractivity contribution in [2.45, 2.75) is 26.9 Å². The van der Waals surface area contributed by atoms with Crippen molar-refractivity contribution in [2.24, 2.45) is 11.1 Å². The standard InChI is InChI=1S/C26H29F3N6O4/c1-16-4-5-18(12-20(16)26(27,28)29)35-24(37)34-17-6-8-19(9-7-17)39-22-13-21(32-15-33-22)31-10-11-38-23(36)25(2,3)14-30/h4-9,12-13,15H,10-11,14,30H2,1-3H3,(H,31,32,33)(H2,34,35,37). The molecule has 0 saturated carbocycles. The van der Waals surface area contributed by atoms with E-state index in [4.69, 9.17) is 15.2 Å². The molecule has 0 unspecified atom stereocenters. The molecule has 1 aromatic heterocycles. The van der Waals surface area contributed by atoms with Gasteiger partial charge in [0.2, 0.25) is 5.88 Å². The molecule has 0 radical (unpaired) electrons. The number of nitrogens with one attached hydrogen (secondary N) is 3. The predicted octanol–water partition coefficient (Wildman–Crippen LogP) is 5.18. The van der Waals surface area contributed by atoms with Gasteiger partial charge in [0.15, 0.2) is 0 Å². The molecule has 2 amide bonds. The molecule has 5 N–H and O–H groups in total. The summed E-state index contributed by atoms with van der Waals surface area (Å²) in [7, 11) is 0. The first-order chi connectivity index (χ1) is 18.4. The van der Waals surface area contributed by atoms with E-state index >= 15 is 0 Å². The molecule has 1 heterocycles. The lowest BCUT2D eigenvalue weighted by molar-refractivity contribution is -0.152. The van der Waals surface area contributed by atoms with Crippen molar-refractivity contribution in [3.8, 4) is 11.6 Å². The number of alkyl halides is 3. The van der Waals surface area contributed by atoms with Crippen molar-refractivity contribution >= 4 is 29.2 Å². The Hall–Kier alpha value is -4.39. The molecule has 39 heavy (non-hydrogen) atoms. The van der Waals surface area contributed by atoms with Crippen LogP contribution in [0.25, 0.3) is 0 Å². The maximum Gasteiger partial charge on any atom is 0.416 e. The number of halogens is 3. The normalized spacial score (nSPS) is 11.5. The average Bonchev–Trinajstić information content (AvgIpc) is 2.88. The van der Waals surface area contributed by atoms with Gasteiger partial charge >= 0.3 is 18.2 Å². The molecule has 0 spiro atoms. The van der Waals surface area contributed by atoms with E-state index in [1.807, 2.05) is 0 Å². The Labute approximate surface area is 223 Å². The molecule has 3 aromatic rings. The van der Waals surface area contributed by atoms with E-state index in [9.17, 15) is 22.8 Å². The minimum absolute atomic E-state index is 0.0103. The highest BCUT2D eigenvalue weighted by atomic mass is 19.4. The third-order valence-corrected chi connectivity index (χ3v) is 5.48. The average molecular weight is 547 g/mol. The summed E-state index contributed by atoms with van der Waals surface area (Å²) in [6.45, 7) is 5.37. The van der Waals surface area contributed by atoms with Crippen LogP contribution < -0.4 is 26.4 Å². The van der Waals surface area contributed by atoms with E-state index in [0.29, 0.717) is 23.8 Å². The number of aromatic nitrogens is 2. The largest absolute Gasteiger partial charge is 0.463 e. The Morgan fingerprint density at radius 1 is 0.974 bits per heavy atom. The number of ether oxygens (including phenoxy) is 2. The third-order valence-electron chi connectivity index (χ3n) is 5.48. The zero-order valence-corrected chi connectivity index (χ0v) is 21.6. The second kappa shape index (κ2) is 12.4. The number of aryl methyl sites for hydroxylation is 1. The molecule has 0 saturated heterocycles. The summed E-state index contributed by atoms with van der Waals surface area (Å²) in [5, 5.41) is 7.94. The maximum absolute atomic E-state index is 13.1. The number of benzene rings is 2. The molecule has 13 heteroatoms. The van der Waals surface area contributed by atoms with E-state index in [-0.39, 0.29) is 36.3 Å². The van der Waals surface area contributed by atoms with Crippen LogP contribution in [-0.4, -0.2) is 41.7 Å². The van der Waals surface area contributed by atoms with Gasteiger partial charge in [-0.1, -0.05) is 6.07 Å². The SMILES string of the molecule is Cc1ccc(NC(=O)Nc2ccc(Oc3cc(NCCOC(=O)C(C)(C)CN)ncn3)cc2)cc1C(F)(F)F. The number of hydrogen-bond acceptors (Lipinski definition) is 8. The number of esters is 1. The fraction of sp³-hybridized carbons (Fsp3) is 0.308. The second-order valence-electron chi connectivity index (χ2n) is 9.13. The van der Waals surface area contributed by atoms with Gasteiger partial charge < -0.3 is 31.2 Å². The Kier molecular flexibility index (Phi) is 9.30. The smallest absolute Gasteiger partial charge is 0.416 e. The molecule has 0 fully saturated rings. The second-order valence-corrected chi connectivity index (χ2v) is 9.13. The number of amides is 2. The fourth-order valence-electron chi connectivity index (χ4n) is 3.12. The quantitative estimate of drug-likeness (QED) is 0.201. The third kappa shape index (κ3) is 8.57. The molecule has 0 bridgehead atoms. The van der Waals surface area contributed by atoms with E-state index in [1.165, 1.54) is 25.4 Å². The number of rotatable bonds is 10. The summed E-state index contributed by atoms with van der Waals surface area (Å²) < 4.78 is 50.2. The van der Waals surface area contributed by atoms with Gasteiger partial charge in [0.05, 0.1) is 17.5 Å². The molecular formula is C26H29F3N6O4. The minimum Gasteiger partial charge on any atom is -0.463 e. The van der Waals surface area contributed by atoms with Crippen molar-refractivity contribution < 1.29 is 32.2 Å². The lowest BCUT2D eigenvalue weighted by Crippen LogP contribution is -2.35. The lowest BCUT2D eigenvalue weighted by Gasteiger charge is -2.20. The van der Waals surface area contributed by atoms with Crippen molar-refractivity contribution in [1.82, 2.24) is 9.97 Å². The Morgan fingerprint density at radius 2 is 1.64 bits per heavy atom. The van der Waals surface area contributed by atoms with E-state index in [0.717, 1.165) is 6.07 Å². The van der Waals surface area contributed by atoms with Gasteiger partial charge in [0, 0.05) is 24.0 Å².